The molecule has 0 aromatic rings. The molecule has 0 bridgehead atoms. The van der Waals surface area contributed by atoms with E-state index in [-0.39, 0.29) is 5.91 Å². The van der Waals surface area contributed by atoms with E-state index >= 15 is 0 Å². The van der Waals surface area contributed by atoms with Crippen molar-refractivity contribution in [3.8, 4) is 0 Å². The van der Waals surface area contributed by atoms with Gasteiger partial charge < -0.3 is 10.2 Å². The summed E-state index contributed by atoms with van der Waals surface area (Å²) >= 11 is 0. The second-order valence-corrected chi connectivity index (χ2v) is 2.74. The number of likely N-dealkylation sites (tertiary alicyclic amines) is 1. The van der Waals surface area contributed by atoms with E-state index in [1.165, 1.54) is 0 Å². The first-order valence-corrected chi connectivity index (χ1v) is 3.97. The van der Waals surface area contributed by atoms with Crippen molar-refractivity contribution >= 4 is 11.9 Å². The number of hydrogen-bond acceptors (Lipinski definition) is 2. The maximum atomic E-state index is 11.0. The number of nitrogens with zero attached hydrogens (tertiary/aromatic N) is 1. The number of amides is 3. The highest BCUT2D eigenvalue weighted by Crippen LogP contribution is 2.07. The Morgan fingerprint density at radius 3 is 2.92 bits per heavy atom. The zero-order valence-corrected chi connectivity index (χ0v) is 6.80. The standard InChI is InChI=1S/C7H12N3O2/c8-7(12)9-3-5-10-4-1-2-6(10)11/h8H,1-5H2,(H,9,12). The molecule has 3 amide bonds. The van der Waals surface area contributed by atoms with E-state index in [1.807, 2.05) is 0 Å². The first kappa shape index (κ1) is 8.83. The van der Waals surface area contributed by atoms with Gasteiger partial charge >= 0.3 is 6.03 Å². The first-order chi connectivity index (χ1) is 5.70. The molecule has 1 heterocycles. The average molecular weight is 170 g/mol. The van der Waals surface area contributed by atoms with Gasteiger partial charge in [0.2, 0.25) is 5.91 Å². The van der Waals surface area contributed by atoms with Crippen LogP contribution in [-0.4, -0.2) is 36.5 Å². The molecule has 2 N–H and O–H groups in total. The lowest BCUT2D eigenvalue weighted by atomic mass is 10.4. The van der Waals surface area contributed by atoms with E-state index in [1.54, 1.807) is 4.90 Å². The molecule has 0 aromatic heterocycles. The van der Waals surface area contributed by atoms with E-state index in [9.17, 15) is 9.59 Å². The Morgan fingerprint density at radius 1 is 1.67 bits per heavy atom. The van der Waals surface area contributed by atoms with Crippen LogP contribution in [0.25, 0.3) is 0 Å². The Hall–Kier alpha value is -1.26. The molecule has 1 aliphatic rings. The van der Waals surface area contributed by atoms with E-state index in [0.29, 0.717) is 19.5 Å². The summed E-state index contributed by atoms with van der Waals surface area (Å²) < 4.78 is 0. The van der Waals surface area contributed by atoms with Gasteiger partial charge in [-0.2, -0.15) is 0 Å². The fourth-order valence-corrected chi connectivity index (χ4v) is 1.24. The molecule has 0 atom stereocenters. The van der Waals surface area contributed by atoms with Crippen molar-refractivity contribution in [2.75, 3.05) is 19.6 Å². The minimum atomic E-state index is -0.790. The minimum absolute atomic E-state index is 0.147. The van der Waals surface area contributed by atoms with Gasteiger partial charge in [-0.3, -0.25) is 4.79 Å². The number of nitrogens with one attached hydrogen (secondary N) is 2. The van der Waals surface area contributed by atoms with Gasteiger partial charge in [-0.15, -0.1) is 0 Å². The Bertz CT molecular complexity index is 193. The molecule has 67 valence electrons. The summed E-state index contributed by atoms with van der Waals surface area (Å²) in [5, 5.41) is 2.33. The maximum Gasteiger partial charge on any atom is 0.333 e. The van der Waals surface area contributed by atoms with Crippen LogP contribution in [0.5, 0.6) is 0 Å². The van der Waals surface area contributed by atoms with Crippen molar-refractivity contribution in [2.45, 2.75) is 12.8 Å². The summed E-state index contributed by atoms with van der Waals surface area (Å²) in [5.74, 6) is 0.147. The highest BCUT2D eigenvalue weighted by Gasteiger charge is 2.18. The van der Waals surface area contributed by atoms with Crippen LogP contribution in [0.15, 0.2) is 0 Å². The molecule has 12 heavy (non-hydrogen) atoms. The summed E-state index contributed by atoms with van der Waals surface area (Å²) in [7, 11) is 0. The van der Waals surface area contributed by atoms with Crippen LogP contribution in [0.1, 0.15) is 12.8 Å². The predicted molar refractivity (Wildman–Crippen MR) is 42.3 cm³/mol. The Kier molecular flexibility index (Phi) is 2.90. The van der Waals surface area contributed by atoms with Crippen LogP contribution in [-0.2, 0) is 4.79 Å². The lowest BCUT2D eigenvalue weighted by Gasteiger charge is -2.14. The fourth-order valence-electron chi connectivity index (χ4n) is 1.24. The summed E-state index contributed by atoms with van der Waals surface area (Å²) in [6.07, 6.45) is 1.53. The third-order valence-corrected chi connectivity index (χ3v) is 1.84. The lowest BCUT2D eigenvalue weighted by molar-refractivity contribution is -0.127. The van der Waals surface area contributed by atoms with E-state index in [0.717, 1.165) is 13.0 Å². The minimum Gasteiger partial charge on any atom is -0.341 e. The van der Waals surface area contributed by atoms with Gasteiger partial charge in [0.05, 0.1) is 0 Å². The Balaban J connectivity index is 2.14. The average Bonchev–Trinajstić information content (AvgIpc) is 2.36. The molecule has 0 saturated carbocycles. The molecule has 0 unspecified atom stereocenters. The molecule has 0 aromatic carbocycles. The number of hydrogen-bond donors (Lipinski definition) is 1. The van der Waals surface area contributed by atoms with E-state index in [4.69, 9.17) is 5.73 Å². The summed E-state index contributed by atoms with van der Waals surface area (Å²) in [4.78, 5) is 22.9. The van der Waals surface area contributed by atoms with Crippen molar-refractivity contribution in [1.82, 2.24) is 16.0 Å². The van der Waals surface area contributed by atoms with Gasteiger partial charge in [-0.25, -0.2) is 10.5 Å². The first-order valence-electron chi connectivity index (χ1n) is 3.97. The number of carbonyl (C=O) groups is 2. The van der Waals surface area contributed by atoms with Crippen molar-refractivity contribution in [2.24, 2.45) is 0 Å². The molecule has 5 heteroatoms. The van der Waals surface area contributed by atoms with Crippen LogP contribution >= 0.6 is 0 Å². The summed E-state index contributed by atoms with van der Waals surface area (Å²) in [6, 6.07) is -0.790. The van der Waals surface area contributed by atoms with Gasteiger partial charge in [0.25, 0.3) is 0 Å². The van der Waals surface area contributed by atoms with E-state index in [2.05, 4.69) is 5.32 Å². The topological polar surface area (TPSA) is 73.2 Å². The predicted octanol–water partition coefficient (Wildman–Crippen LogP) is -0.399. The third kappa shape index (κ3) is 2.41. The molecule has 1 fully saturated rings. The van der Waals surface area contributed by atoms with Crippen molar-refractivity contribution in [3.63, 3.8) is 0 Å². The van der Waals surface area contributed by atoms with Crippen molar-refractivity contribution < 1.29 is 9.59 Å². The molecule has 5 nitrogen and oxygen atoms in total. The van der Waals surface area contributed by atoms with Crippen LogP contribution in [0.3, 0.4) is 0 Å². The molecular weight excluding hydrogens is 158 g/mol. The SMILES string of the molecule is [NH]C(=O)NCCN1CCCC1=O. The van der Waals surface area contributed by atoms with Gasteiger partial charge in [0.1, 0.15) is 0 Å². The maximum absolute atomic E-state index is 11.0. The van der Waals surface area contributed by atoms with Crippen LogP contribution < -0.4 is 11.1 Å². The molecule has 1 rings (SSSR count). The van der Waals surface area contributed by atoms with Gasteiger partial charge in [0.15, 0.2) is 0 Å². The highest BCUT2D eigenvalue weighted by molar-refractivity contribution is 5.78. The monoisotopic (exact) mass is 170 g/mol. The van der Waals surface area contributed by atoms with Gasteiger partial charge in [-0.1, -0.05) is 0 Å². The molecule has 1 saturated heterocycles. The quantitative estimate of drug-likeness (QED) is 0.626. The molecule has 0 spiro atoms. The molecule has 1 radical (unpaired) electrons. The Morgan fingerprint density at radius 2 is 2.42 bits per heavy atom. The highest BCUT2D eigenvalue weighted by atomic mass is 16.2. The number of urea groups is 1. The van der Waals surface area contributed by atoms with Crippen LogP contribution in [0, 0.1) is 0 Å². The fraction of sp³-hybridized carbons (Fsp3) is 0.714. The molecule has 1 aliphatic heterocycles. The molecule has 0 aliphatic carbocycles. The number of rotatable bonds is 3. The molecular formula is C7H12N3O2. The largest absolute Gasteiger partial charge is 0.341 e. The van der Waals surface area contributed by atoms with Crippen molar-refractivity contribution in [1.29, 1.82) is 0 Å². The van der Waals surface area contributed by atoms with Crippen LogP contribution in [0.2, 0.25) is 0 Å². The smallest absolute Gasteiger partial charge is 0.333 e. The lowest BCUT2D eigenvalue weighted by Crippen LogP contribution is -2.35. The van der Waals surface area contributed by atoms with Gasteiger partial charge in [-0.05, 0) is 6.42 Å². The Labute approximate surface area is 70.9 Å². The van der Waals surface area contributed by atoms with E-state index < -0.39 is 6.03 Å². The van der Waals surface area contributed by atoms with Crippen LogP contribution in [0.4, 0.5) is 4.79 Å². The van der Waals surface area contributed by atoms with Crippen molar-refractivity contribution in [3.05, 3.63) is 0 Å². The van der Waals surface area contributed by atoms with Gasteiger partial charge in [0, 0.05) is 26.1 Å². The third-order valence-electron chi connectivity index (χ3n) is 1.84. The summed E-state index contributed by atoms with van der Waals surface area (Å²) in [5.41, 5.74) is 6.55. The summed E-state index contributed by atoms with van der Waals surface area (Å²) in [6.45, 7) is 1.70. The normalized spacial score (nSPS) is 16.7. The second kappa shape index (κ2) is 3.94. The number of carbonyl (C=O) groups excluding carboxylic acids is 2. The second-order valence-electron chi connectivity index (χ2n) is 2.74. The zero-order valence-electron chi connectivity index (χ0n) is 6.80. The zero-order chi connectivity index (χ0) is 8.97.